The Labute approximate surface area is 150 Å². The Morgan fingerprint density at radius 2 is 2.00 bits per heavy atom. The summed E-state index contributed by atoms with van der Waals surface area (Å²) in [5, 5.41) is 2.89. The summed E-state index contributed by atoms with van der Waals surface area (Å²) in [6, 6.07) is 6.69. The predicted octanol–water partition coefficient (Wildman–Crippen LogP) is 1.85. The molecule has 1 aromatic rings. The second-order valence-electron chi connectivity index (χ2n) is 6.83. The second kappa shape index (κ2) is 9.31. The summed E-state index contributed by atoms with van der Waals surface area (Å²) >= 11 is 0. The minimum Gasteiger partial charge on any atom is -0.376 e. The van der Waals surface area contributed by atoms with Crippen molar-refractivity contribution in [2.45, 2.75) is 50.5 Å². The molecule has 0 unspecified atom stereocenters. The number of hydrogen-bond acceptors (Lipinski definition) is 4. The smallest absolute Gasteiger partial charge is 0.240 e. The third-order valence-electron chi connectivity index (χ3n) is 4.11. The van der Waals surface area contributed by atoms with Crippen LogP contribution in [0.1, 0.15) is 38.7 Å². The molecule has 1 amide bonds. The van der Waals surface area contributed by atoms with E-state index in [0.29, 0.717) is 25.9 Å². The first-order chi connectivity index (χ1) is 11.9. The first kappa shape index (κ1) is 19.9. The van der Waals surface area contributed by atoms with Crippen molar-refractivity contribution in [3.8, 4) is 0 Å². The number of carbonyl (C=O) groups is 1. The molecule has 2 rings (SSSR count). The molecule has 7 heteroatoms. The molecular weight excluding hydrogens is 340 g/mol. The Hall–Kier alpha value is -1.44. The molecule has 25 heavy (non-hydrogen) atoms. The van der Waals surface area contributed by atoms with E-state index in [-0.39, 0.29) is 22.8 Å². The van der Waals surface area contributed by atoms with Crippen LogP contribution in [-0.2, 0) is 26.0 Å². The number of aryl methyl sites for hydroxylation is 1. The Balaban J connectivity index is 1.78. The van der Waals surface area contributed by atoms with Gasteiger partial charge < -0.3 is 10.1 Å². The van der Waals surface area contributed by atoms with Crippen LogP contribution in [0.5, 0.6) is 0 Å². The predicted molar refractivity (Wildman–Crippen MR) is 96.8 cm³/mol. The van der Waals surface area contributed by atoms with Crippen LogP contribution in [-0.4, -0.2) is 40.1 Å². The van der Waals surface area contributed by atoms with Gasteiger partial charge in [-0.3, -0.25) is 4.79 Å². The SMILES string of the molecule is CC(C)CNS(=O)(=O)c1ccc(CCC(=O)NC[C@@H]2CCCO2)cc1. The molecule has 2 N–H and O–H groups in total. The monoisotopic (exact) mass is 368 g/mol. The number of ether oxygens (including phenoxy) is 1. The summed E-state index contributed by atoms with van der Waals surface area (Å²) in [5.41, 5.74) is 0.940. The van der Waals surface area contributed by atoms with Gasteiger partial charge in [0.2, 0.25) is 15.9 Å². The second-order valence-corrected chi connectivity index (χ2v) is 8.60. The molecule has 1 atom stereocenters. The number of benzene rings is 1. The van der Waals surface area contributed by atoms with Gasteiger partial charge in [-0.15, -0.1) is 0 Å². The number of nitrogens with one attached hydrogen (secondary N) is 2. The van der Waals surface area contributed by atoms with Crippen molar-refractivity contribution in [3.05, 3.63) is 29.8 Å². The average Bonchev–Trinajstić information content (AvgIpc) is 3.10. The number of sulfonamides is 1. The molecule has 0 saturated carbocycles. The van der Waals surface area contributed by atoms with Gasteiger partial charge in [-0.05, 0) is 42.9 Å². The third-order valence-corrected chi connectivity index (χ3v) is 5.55. The highest BCUT2D eigenvalue weighted by Gasteiger charge is 2.16. The highest BCUT2D eigenvalue weighted by molar-refractivity contribution is 7.89. The highest BCUT2D eigenvalue weighted by Crippen LogP contribution is 2.13. The van der Waals surface area contributed by atoms with Gasteiger partial charge in [-0.25, -0.2) is 13.1 Å². The average molecular weight is 368 g/mol. The zero-order valence-electron chi connectivity index (χ0n) is 15.0. The maximum Gasteiger partial charge on any atom is 0.240 e. The largest absolute Gasteiger partial charge is 0.376 e. The normalized spacial score (nSPS) is 17.8. The van der Waals surface area contributed by atoms with Crippen molar-refractivity contribution in [2.75, 3.05) is 19.7 Å². The molecule has 1 saturated heterocycles. The van der Waals surface area contributed by atoms with Crippen LogP contribution in [0.15, 0.2) is 29.2 Å². The number of amides is 1. The van der Waals surface area contributed by atoms with Crippen molar-refractivity contribution < 1.29 is 17.9 Å². The summed E-state index contributed by atoms with van der Waals surface area (Å²) < 4.78 is 32.3. The summed E-state index contributed by atoms with van der Waals surface area (Å²) in [5.74, 6) is 0.244. The Morgan fingerprint density at radius 3 is 2.60 bits per heavy atom. The quantitative estimate of drug-likeness (QED) is 0.697. The van der Waals surface area contributed by atoms with E-state index in [0.717, 1.165) is 25.0 Å². The zero-order chi connectivity index (χ0) is 18.3. The minimum atomic E-state index is -3.46. The van der Waals surface area contributed by atoms with Crippen molar-refractivity contribution >= 4 is 15.9 Å². The van der Waals surface area contributed by atoms with Crippen LogP contribution in [0.2, 0.25) is 0 Å². The molecule has 140 valence electrons. The minimum absolute atomic E-state index is 0.00852. The number of rotatable bonds is 9. The summed E-state index contributed by atoms with van der Waals surface area (Å²) in [7, 11) is -3.46. The molecule has 1 aliphatic rings. The van der Waals surface area contributed by atoms with E-state index >= 15 is 0 Å². The number of hydrogen-bond donors (Lipinski definition) is 2. The molecule has 0 radical (unpaired) electrons. The van der Waals surface area contributed by atoms with Gasteiger partial charge in [-0.2, -0.15) is 0 Å². The standard InChI is InChI=1S/C18H28N2O4S/c1-14(2)12-20-25(22,23)17-8-5-15(6-9-17)7-10-18(21)19-13-16-4-3-11-24-16/h5-6,8-9,14,16,20H,3-4,7,10-13H2,1-2H3,(H,19,21)/t16-/m0/s1. The van der Waals surface area contributed by atoms with Crippen LogP contribution >= 0.6 is 0 Å². The van der Waals surface area contributed by atoms with Crippen molar-refractivity contribution in [2.24, 2.45) is 5.92 Å². The van der Waals surface area contributed by atoms with Gasteiger partial charge in [-0.1, -0.05) is 26.0 Å². The summed E-state index contributed by atoms with van der Waals surface area (Å²) in [6.07, 6.45) is 3.16. The molecule has 0 bridgehead atoms. The topological polar surface area (TPSA) is 84.5 Å². The lowest BCUT2D eigenvalue weighted by atomic mass is 10.1. The fraction of sp³-hybridized carbons (Fsp3) is 0.611. The molecule has 1 aliphatic heterocycles. The van der Waals surface area contributed by atoms with E-state index in [9.17, 15) is 13.2 Å². The first-order valence-corrected chi connectivity index (χ1v) is 10.3. The van der Waals surface area contributed by atoms with Crippen LogP contribution < -0.4 is 10.0 Å². The van der Waals surface area contributed by atoms with Gasteiger partial charge >= 0.3 is 0 Å². The lowest BCUT2D eigenvalue weighted by Crippen LogP contribution is -2.31. The molecule has 0 spiro atoms. The van der Waals surface area contributed by atoms with E-state index in [1.165, 1.54) is 0 Å². The van der Waals surface area contributed by atoms with Gasteiger partial charge in [0, 0.05) is 26.1 Å². The molecule has 0 aliphatic carbocycles. The van der Waals surface area contributed by atoms with E-state index in [1.54, 1.807) is 24.3 Å². The van der Waals surface area contributed by atoms with E-state index in [1.807, 2.05) is 13.8 Å². The fourth-order valence-corrected chi connectivity index (χ4v) is 3.79. The Morgan fingerprint density at radius 1 is 1.28 bits per heavy atom. The molecule has 1 aromatic carbocycles. The molecule has 0 aromatic heterocycles. The summed E-state index contributed by atoms with van der Waals surface area (Å²) in [6.45, 7) is 5.67. The van der Waals surface area contributed by atoms with Crippen molar-refractivity contribution in [3.63, 3.8) is 0 Å². The van der Waals surface area contributed by atoms with Crippen LogP contribution in [0.3, 0.4) is 0 Å². The molecular formula is C18H28N2O4S. The Kier molecular flexibility index (Phi) is 7.40. The highest BCUT2D eigenvalue weighted by atomic mass is 32.2. The fourth-order valence-electron chi connectivity index (χ4n) is 2.57. The van der Waals surface area contributed by atoms with Crippen molar-refractivity contribution in [1.29, 1.82) is 0 Å². The first-order valence-electron chi connectivity index (χ1n) is 8.84. The zero-order valence-corrected chi connectivity index (χ0v) is 15.8. The molecule has 6 nitrogen and oxygen atoms in total. The van der Waals surface area contributed by atoms with E-state index in [2.05, 4.69) is 10.0 Å². The van der Waals surface area contributed by atoms with Crippen molar-refractivity contribution in [1.82, 2.24) is 10.0 Å². The summed E-state index contributed by atoms with van der Waals surface area (Å²) in [4.78, 5) is 12.1. The van der Waals surface area contributed by atoms with Crippen LogP contribution in [0, 0.1) is 5.92 Å². The number of carbonyl (C=O) groups excluding carboxylic acids is 1. The van der Waals surface area contributed by atoms with E-state index in [4.69, 9.17) is 4.74 Å². The Bertz CT molecular complexity index is 650. The lowest BCUT2D eigenvalue weighted by molar-refractivity contribution is -0.121. The molecule has 1 heterocycles. The van der Waals surface area contributed by atoms with E-state index < -0.39 is 10.0 Å². The van der Waals surface area contributed by atoms with Gasteiger partial charge in [0.1, 0.15) is 0 Å². The maximum absolute atomic E-state index is 12.1. The van der Waals surface area contributed by atoms with Gasteiger partial charge in [0.05, 0.1) is 11.0 Å². The third kappa shape index (κ3) is 6.76. The molecule has 1 fully saturated rings. The van der Waals surface area contributed by atoms with Crippen LogP contribution in [0.25, 0.3) is 0 Å². The lowest BCUT2D eigenvalue weighted by Gasteiger charge is -2.11. The maximum atomic E-state index is 12.1. The van der Waals surface area contributed by atoms with Gasteiger partial charge in [0.15, 0.2) is 0 Å². The van der Waals surface area contributed by atoms with Gasteiger partial charge in [0.25, 0.3) is 0 Å². The van der Waals surface area contributed by atoms with Crippen LogP contribution in [0.4, 0.5) is 0 Å².